The van der Waals surface area contributed by atoms with E-state index in [1.54, 1.807) is 0 Å². The summed E-state index contributed by atoms with van der Waals surface area (Å²) >= 11 is 0. The van der Waals surface area contributed by atoms with Crippen molar-refractivity contribution in [3.63, 3.8) is 0 Å². The molecule has 1 saturated heterocycles. The zero-order valence-electron chi connectivity index (χ0n) is 16.7. The average molecular weight is 366 g/mol. The second kappa shape index (κ2) is 9.05. The topological polar surface area (TPSA) is 35.6 Å². The van der Waals surface area contributed by atoms with Crippen molar-refractivity contribution in [3.05, 3.63) is 59.7 Å². The van der Waals surface area contributed by atoms with Crippen LogP contribution < -0.4 is 10.2 Å². The maximum atomic E-state index is 12.6. The van der Waals surface area contributed by atoms with Crippen LogP contribution in [-0.2, 0) is 11.3 Å². The first-order valence-electron chi connectivity index (χ1n) is 9.94. The molecule has 27 heavy (non-hydrogen) atoms. The van der Waals surface area contributed by atoms with Crippen LogP contribution in [0.25, 0.3) is 0 Å². The van der Waals surface area contributed by atoms with Gasteiger partial charge in [-0.15, -0.1) is 0 Å². The van der Waals surface area contributed by atoms with Gasteiger partial charge in [0.15, 0.2) is 0 Å². The van der Waals surface area contributed by atoms with E-state index in [0.29, 0.717) is 0 Å². The Morgan fingerprint density at radius 2 is 1.67 bits per heavy atom. The van der Waals surface area contributed by atoms with E-state index in [4.69, 9.17) is 0 Å². The molecule has 0 aromatic heterocycles. The Labute approximate surface area is 163 Å². The molecule has 1 aliphatic heterocycles. The Kier molecular flexibility index (Phi) is 6.51. The van der Waals surface area contributed by atoms with Gasteiger partial charge in [0.1, 0.15) is 0 Å². The highest BCUT2D eigenvalue weighted by molar-refractivity contribution is 5.94. The fourth-order valence-electron chi connectivity index (χ4n) is 3.47. The zero-order chi connectivity index (χ0) is 19.2. The minimum Gasteiger partial charge on any atom is -0.372 e. The van der Waals surface area contributed by atoms with Crippen molar-refractivity contribution in [2.45, 2.75) is 45.7 Å². The smallest absolute Gasteiger partial charge is 0.241 e. The minimum atomic E-state index is -0.201. The van der Waals surface area contributed by atoms with Gasteiger partial charge in [0.2, 0.25) is 5.91 Å². The monoisotopic (exact) mass is 365 g/mol. The molecule has 0 aliphatic carbocycles. The van der Waals surface area contributed by atoms with E-state index in [0.717, 1.165) is 25.3 Å². The number of benzene rings is 2. The first kappa shape index (κ1) is 19.4. The van der Waals surface area contributed by atoms with E-state index in [2.05, 4.69) is 58.4 Å². The molecular weight excluding hydrogens is 334 g/mol. The van der Waals surface area contributed by atoms with E-state index in [-0.39, 0.29) is 11.9 Å². The third-order valence-corrected chi connectivity index (χ3v) is 5.45. The fourth-order valence-corrected chi connectivity index (χ4v) is 3.47. The predicted molar refractivity (Wildman–Crippen MR) is 113 cm³/mol. The summed E-state index contributed by atoms with van der Waals surface area (Å²) in [4.78, 5) is 17.1. The number of nitrogens with zero attached hydrogens (tertiary/aromatic N) is 2. The number of piperidine rings is 1. The van der Waals surface area contributed by atoms with Gasteiger partial charge in [-0.1, -0.05) is 29.8 Å². The van der Waals surface area contributed by atoms with Crippen LogP contribution in [0.2, 0.25) is 0 Å². The molecule has 1 aliphatic rings. The summed E-state index contributed by atoms with van der Waals surface area (Å²) in [7, 11) is 1.99. The number of anilines is 2. The molecule has 0 saturated carbocycles. The van der Waals surface area contributed by atoms with Gasteiger partial charge in [-0.05, 0) is 70.0 Å². The van der Waals surface area contributed by atoms with Crippen molar-refractivity contribution < 1.29 is 4.79 Å². The Bertz CT molecular complexity index is 733. The number of carbonyl (C=O) groups is 1. The van der Waals surface area contributed by atoms with Crippen molar-refractivity contribution >= 4 is 17.3 Å². The van der Waals surface area contributed by atoms with Gasteiger partial charge in [0.25, 0.3) is 0 Å². The molecule has 1 fully saturated rings. The Hall–Kier alpha value is -2.33. The molecule has 2 aromatic rings. The molecule has 0 spiro atoms. The normalized spacial score (nSPS) is 15.6. The van der Waals surface area contributed by atoms with E-state index in [1.165, 1.54) is 36.1 Å². The van der Waals surface area contributed by atoms with Crippen molar-refractivity contribution in [1.29, 1.82) is 0 Å². The van der Waals surface area contributed by atoms with Gasteiger partial charge < -0.3 is 10.2 Å². The van der Waals surface area contributed by atoms with Gasteiger partial charge in [-0.3, -0.25) is 9.69 Å². The lowest BCUT2D eigenvalue weighted by atomic mass is 10.1. The highest BCUT2D eigenvalue weighted by atomic mass is 16.2. The van der Waals surface area contributed by atoms with Gasteiger partial charge in [-0.25, -0.2) is 0 Å². The number of nitrogens with one attached hydrogen (secondary N) is 1. The van der Waals surface area contributed by atoms with Crippen LogP contribution >= 0.6 is 0 Å². The standard InChI is InChI=1S/C23H31N3O/c1-18-7-9-20(10-8-18)17-25(3)19(2)23(27)24-21-11-13-22(14-12-21)26-15-5-4-6-16-26/h7-14,19H,4-6,15-17H2,1-3H3,(H,24,27)/t19-/m0/s1. The van der Waals surface area contributed by atoms with Crippen molar-refractivity contribution in [3.8, 4) is 0 Å². The number of likely N-dealkylation sites (N-methyl/N-ethyl adjacent to an activating group) is 1. The van der Waals surface area contributed by atoms with E-state index in [9.17, 15) is 4.79 Å². The lowest BCUT2D eigenvalue weighted by Crippen LogP contribution is -2.39. The minimum absolute atomic E-state index is 0.0235. The fraction of sp³-hybridized carbons (Fsp3) is 0.435. The second-order valence-corrected chi connectivity index (χ2v) is 7.66. The third kappa shape index (κ3) is 5.33. The van der Waals surface area contributed by atoms with E-state index < -0.39 is 0 Å². The predicted octanol–water partition coefficient (Wildman–Crippen LogP) is 4.44. The number of hydrogen-bond acceptors (Lipinski definition) is 3. The maximum absolute atomic E-state index is 12.6. The van der Waals surface area contributed by atoms with Gasteiger partial charge in [-0.2, -0.15) is 0 Å². The highest BCUT2D eigenvalue weighted by Gasteiger charge is 2.18. The summed E-state index contributed by atoms with van der Waals surface area (Å²) in [5.41, 5.74) is 4.57. The molecule has 0 unspecified atom stereocenters. The molecule has 1 atom stereocenters. The highest BCUT2D eigenvalue weighted by Crippen LogP contribution is 2.22. The first-order valence-corrected chi connectivity index (χ1v) is 9.94. The molecule has 1 N–H and O–H groups in total. The Morgan fingerprint density at radius 1 is 1.04 bits per heavy atom. The van der Waals surface area contributed by atoms with Crippen LogP contribution in [0.5, 0.6) is 0 Å². The number of carbonyl (C=O) groups excluding carboxylic acids is 1. The SMILES string of the molecule is Cc1ccc(CN(C)[C@@H](C)C(=O)Nc2ccc(N3CCCCC3)cc2)cc1. The van der Waals surface area contributed by atoms with Crippen LogP contribution in [0.4, 0.5) is 11.4 Å². The van der Waals surface area contributed by atoms with Crippen LogP contribution in [0.1, 0.15) is 37.3 Å². The van der Waals surface area contributed by atoms with Crippen molar-refractivity contribution in [2.75, 3.05) is 30.4 Å². The van der Waals surface area contributed by atoms with Gasteiger partial charge >= 0.3 is 0 Å². The van der Waals surface area contributed by atoms with E-state index >= 15 is 0 Å². The average Bonchev–Trinajstić information content (AvgIpc) is 2.70. The largest absolute Gasteiger partial charge is 0.372 e. The number of hydrogen-bond donors (Lipinski definition) is 1. The molecule has 1 amide bonds. The van der Waals surface area contributed by atoms with E-state index in [1.807, 2.05) is 26.1 Å². The number of amides is 1. The molecule has 0 bridgehead atoms. The van der Waals surface area contributed by atoms with Gasteiger partial charge in [0, 0.05) is 31.0 Å². The van der Waals surface area contributed by atoms with Crippen molar-refractivity contribution in [2.24, 2.45) is 0 Å². The molecule has 2 aromatic carbocycles. The molecule has 3 rings (SSSR count). The summed E-state index contributed by atoms with van der Waals surface area (Å²) in [6.45, 7) is 7.05. The molecule has 0 radical (unpaired) electrons. The van der Waals surface area contributed by atoms with Crippen LogP contribution in [0.3, 0.4) is 0 Å². The molecule has 4 nitrogen and oxygen atoms in total. The maximum Gasteiger partial charge on any atom is 0.241 e. The molecule has 144 valence electrons. The summed E-state index contributed by atoms with van der Waals surface area (Å²) in [5, 5.41) is 3.05. The molecular formula is C23H31N3O. The van der Waals surface area contributed by atoms with Gasteiger partial charge in [0.05, 0.1) is 6.04 Å². The second-order valence-electron chi connectivity index (χ2n) is 7.66. The Balaban J connectivity index is 1.54. The molecule has 4 heteroatoms. The number of aryl methyl sites for hydroxylation is 1. The number of rotatable bonds is 6. The van der Waals surface area contributed by atoms with Crippen LogP contribution in [-0.4, -0.2) is 37.0 Å². The van der Waals surface area contributed by atoms with Crippen molar-refractivity contribution in [1.82, 2.24) is 4.90 Å². The third-order valence-electron chi connectivity index (χ3n) is 5.45. The summed E-state index contributed by atoms with van der Waals surface area (Å²) < 4.78 is 0. The van der Waals surface area contributed by atoms with Crippen LogP contribution in [0, 0.1) is 6.92 Å². The first-order chi connectivity index (χ1) is 13.0. The summed E-state index contributed by atoms with van der Waals surface area (Å²) in [6.07, 6.45) is 3.87. The lowest BCUT2D eigenvalue weighted by molar-refractivity contribution is -0.120. The summed E-state index contributed by atoms with van der Waals surface area (Å²) in [5.74, 6) is 0.0235. The Morgan fingerprint density at radius 3 is 2.30 bits per heavy atom. The zero-order valence-corrected chi connectivity index (χ0v) is 16.7. The quantitative estimate of drug-likeness (QED) is 0.822. The van der Waals surface area contributed by atoms with Crippen LogP contribution in [0.15, 0.2) is 48.5 Å². The lowest BCUT2D eigenvalue weighted by Gasteiger charge is -2.29. The molecule has 1 heterocycles. The summed E-state index contributed by atoms with van der Waals surface area (Å²) in [6, 6.07) is 16.5.